The summed E-state index contributed by atoms with van der Waals surface area (Å²) in [6, 6.07) is 0. The molecule has 0 aliphatic rings. The molecule has 0 heterocycles. The van der Waals surface area contributed by atoms with Gasteiger partial charge in [0.05, 0.1) is 0 Å². The lowest BCUT2D eigenvalue weighted by Crippen LogP contribution is -2.09. The molecule has 0 aromatic rings. The summed E-state index contributed by atoms with van der Waals surface area (Å²) in [4.78, 5) is 29.5. The van der Waals surface area contributed by atoms with E-state index in [1.807, 2.05) is 0 Å². The number of unbranched alkanes of at least 4 members (excludes halogenated alkanes) is 8. The van der Waals surface area contributed by atoms with E-state index < -0.39 is 11.9 Å². The fraction of sp³-hybridized carbons (Fsp3) is 0.688. The van der Waals surface area contributed by atoms with Gasteiger partial charge in [0.2, 0.25) is 5.91 Å². The minimum Gasteiger partial charge on any atom is -0.478 e. The van der Waals surface area contributed by atoms with E-state index in [0.29, 0.717) is 18.6 Å². The Bertz CT molecular complexity index is 323. The van der Waals surface area contributed by atoms with Crippen LogP contribution in [0.3, 0.4) is 0 Å². The van der Waals surface area contributed by atoms with Crippen LogP contribution >= 0.6 is 0 Å². The Hall–Kier alpha value is -1.85. The molecule has 0 fully saturated rings. The van der Waals surface area contributed by atoms with E-state index in [9.17, 15) is 14.4 Å². The monoisotopic (exact) mass is 315 g/mol. The number of carbonyl (C=O) groups excluding carboxylic acids is 1. The largest absolute Gasteiger partial charge is 0.478 e. The molecular weight excluding hydrogens is 286 g/mol. The van der Waals surface area contributed by atoms with E-state index in [-0.39, 0.29) is 5.91 Å². The predicted molar refractivity (Wildman–Crippen MR) is 85.5 cm³/mol. The number of amides is 1. The Balaban J connectivity index is 0. The summed E-state index contributed by atoms with van der Waals surface area (Å²) in [5.41, 5.74) is 5.05. The van der Waals surface area contributed by atoms with Gasteiger partial charge in [-0.2, -0.15) is 0 Å². The third-order valence-corrected chi connectivity index (χ3v) is 2.90. The number of nitrogens with two attached hydrogens (primary N) is 1. The molecule has 0 aliphatic heterocycles. The van der Waals surface area contributed by atoms with Gasteiger partial charge in [-0.1, -0.05) is 58.3 Å². The van der Waals surface area contributed by atoms with Crippen molar-refractivity contribution in [1.82, 2.24) is 0 Å². The first-order chi connectivity index (χ1) is 10.4. The van der Waals surface area contributed by atoms with Crippen molar-refractivity contribution >= 4 is 17.8 Å². The Morgan fingerprint density at radius 2 is 1.14 bits per heavy atom. The molecule has 0 spiro atoms. The minimum absolute atomic E-state index is 0.159. The van der Waals surface area contributed by atoms with Crippen molar-refractivity contribution in [1.29, 1.82) is 0 Å². The zero-order valence-electron chi connectivity index (χ0n) is 13.4. The highest BCUT2D eigenvalue weighted by molar-refractivity contribution is 5.89. The Kier molecular flexibility index (Phi) is 17.5. The molecule has 22 heavy (non-hydrogen) atoms. The molecule has 0 aromatic heterocycles. The highest BCUT2D eigenvalue weighted by Crippen LogP contribution is 2.10. The molecule has 6 nitrogen and oxygen atoms in total. The number of rotatable bonds is 12. The number of carboxylic acids is 2. The second-order valence-corrected chi connectivity index (χ2v) is 5.05. The first-order valence-corrected chi connectivity index (χ1v) is 7.82. The van der Waals surface area contributed by atoms with E-state index in [2.05, 4.69) is 6.92 Å². The smallest absolute Gasteiger partial charge is 0.328 e. The van der Waals surface area contributed by atoms with Crippen molar-refractivity contribution in [2.24, 2.45) is 5.73 Å². The second-order valence-electron chi connectivity index (χ2n) is 5.05. The molecule has 1 amide bonds. The van der Waals surface area contributed by atoms with Crippen LogP contribution in [-0.2, 0) is 14.4 Å². The number of hydrogen-bond acceptors (Lipinski definition) is 3. The molecule has 0 aliphatic carbocycles. The van der Waals surface area contributed by atoms with Gasteiger partial charge in [-0.05, 0) is 6.42 Å². The zero-order chi connectivity index (χ0) is 17.2. The van der Waals surface area contributed by atoms with Gasteiger partial charge in [-0.15, -0.1) is 0 Å². The number of aliphatic carboxylic acids is 2. The van der Waals surface area contributed by atoms with Gasteiger partial charge in [0.15, 0.2) is 0 Å². The minimum atomic E-state index is -1.26. The number of hydrogen-bond donors (Lipinski definition) is 3. The van der Waals surface area contributed by atoms with E-state index in [1.165, 1.54) is 44.9 Å². The maximum Gasteiger partial charge on any atom is 0.328 e. The van der Waals surface area contributed by atoms with E-state index in [1.54, 1.807) is 0 Å². The first-order valence-electron chi connectivity index (χ1n) is 7.82. The van der Waals surface area contributed by atoms with Gasteiger partial charge >= 0.3 is 11.9 Å². The molecule has 0 atom stereocenters. The molecule has 0 saturated heterocycles. The van der Waals surface area contributed by atoms with Crippen molar-refractivity contribution in [2.75, 3.05) is 0 Å². The van der Waals surface area contributed by atoms with Crippen LogP contribution in [0.1, 0.15) is 71.1 Å². The molecule has 0 bridgehead atoms. The first kappa shape index (κ1) is 22.4. The average Bonchev–Trinajstić information content (AvgIpc) is 2.44. The van der Waals surface area contributed by atoms with E-state index in [4.69, 9.17) is 15.9 Å². The third kappa shape index (κ3) is 26.7. The van der Waals surface area contributed by atoms with Crippen LogP contribution in [-0.4, -0.2) is 28.1 Å². The summed E-state index contributed by atoms with van der Waals surface area (Å²) in [6.45, 7) is 2.24. The highest BCUT2D eigenvalue weighted by Gasteiger charge is 1.94. The lowest BCUT2D eigenvalue weighted by atomic mass is 10.1. The normalized spacial score (nSPS) is 10.0. The maximum absolute atomic E-state index is 10.4. The summed E-state index contributed by atoms with van der Waals surface area (Å²) in [7, 11) is 0. The van der Waals surface area contributed by atoms with Crippen molar-refractivity contribution in [3.05, 3.63) is 12.2 Å². The standard InChI is InChI=1S/C12H25NO.C4H4O4/c1-2-3-4-5-6-7-8-9-10-11-12(13)14;5-3(6)1-2-4(7)8/h2-11H2,1H3,(H2,13,14);1-2H,(H,5,6)(H,7,8)/b;2-1-. The molecule has 0 rings (SSSR count). The molecule has 0 unspecified atom stereocenters. The number of carbonyl (C=O) groups is 3. The second kappa shape index (κ2) is 17.2. The molecule has 4 N–H and O–H groups in total. The quantitative estimate of drug-likeness (QED) is 0.378. The predicted octanol–water partition coefficient (Wildman–Crippen LogP) is 3.10. The van der Waals surface area contributed by atoms with Crippen LogP contribution in [0.2, 0.25) is 0 Å². The highest BCUT2D eigenvalue weighted by atomic mass is 16.4. The summed E-state index contributed by atoms with van der Waals surface area (Å²) in [6.07, 6.45) is 13.2. The molecule has 128 valence electrons. The van der Waals surface area contributed by atoms with Gasteiger partial charge in [0, 0.05) is 18.6 Å². The van der Waals surface area contributed by atoms with Crippen molar-refractivity contribution in [3.63, 3.8) is 0 Å². The van der Waals surface area contributed by atoms with Crippen molar-refractivity contribution < 1.29 is 24.6 Å². The lowest BCUT2D eigenvalue weighted by molar-refractivity contribution is -0.134. The third-order valence-electron chi connectivity index (χ3n) is 2.90. The Morgan fingerprint density at radius 3 is 1.45 bits per heavy atom. The summed E-state index contributed by atoms with van der Waals surface area (Å²) in [5.74, 6) is -2.67. The fourth-order valence-electron chi connectivity index (χ4n) is 1.75. The Labute approximate surface area is 132 Å². The van der Waals surface area contributed by atoms with Gasteiger partial charge in [0.1, 0.15) is 0 Å². The van der Waals surface area contributed by atoms with Crippen molar-refractivity contribution in [2.45, 2.75) is 71.1 Å². The number of carboxylic acid groups (broad SMARTS) is 2. The van der Waals surface area contributed by atoms with Gasteiger partial charge < -0.3 is 15.9 Å². The average molecular weight is 315 g/mol. The van der Waals surface area contributed by atoms with Crippen LogP contribution < -0.4 is 5.73 Å². The van der Waals surface area contributed by atoms with Gasteiger partial charge in [-0.25, -0.2) is 9.59 Å². The van der Waals surface area contributed by atoms with Crippen LogP contribution in [0.4, 0.5) is 0 Å². The Morgan fingerprint density at radius 1 is 0.773 bits per heavy atom. The molecule has 0 radical (unpaired) electrons. The summed E-state index contributed by atoms with van der Waals surface area (Å²) >= 11 is 0. The molecule has 0 aromatic carbocycles. The van der Waals surface area contributed by atoms with Crippen LogP contribution in [0.25, 0.3) is 0 Å². The fourth-order valence-corrected chi connectivity index (χ4v) is 1.75. The summed E-state index contributed by atoms with van der Waals surface area (Å²) in [5, 5.41) is 15.6. The van der Waals surface area contributed by atoms with E-state index >= 15 is 0 Å². The van der Waals surface area contributed by atoms with Gasteiger partial charge in [0.25, 0.3) is 0 Å². The molecule has 0 saturated carbocycles. The van der Waals surface area contributed by atoms with E-state index in [0.717, 1.165) is 12.8 Å². The van der Waals surface area contributed by atoms with Crippen LogP contribution in [0.5, 0.6) is 0 Å². The molecule has 6 heteroatoms. The molecular formula is C16H29NO5. The summed E-state index contributed by atoms with van der Waals surface area (Å²) < 4.78 is 0. The SMILES string of the molecule is CCCCCCCCCCCC(N)=O.O=C(O)/C=C\C(=O)O. The lowest BCUT2D eigenvalue weighted by Gasteiger charge is -2.00. The zero-order valence-corrected chi connectivity index (χ0v) is 13.4. The topological polar surface area (TPSA) is 118 Å². The van der Waals surface area contributed by atoms with Crippen molar-refractivity contribution in [3.8, 4) is 0 Å². The van der Waals surface area contributed by atoms with Crippen LogP contribution in [0, 0.1) is 0 Å². The van der Waals surface area contributed by atoms with Gasteiger partial charge in [-0.3, -0.25) is 4.79 Å². The number of primary amides is 1. The van der Waals surface area contributed by atoms with Crippen LogP contribution in [0.15, 0.2) is 12.2 Å². The maximum atomic E-state index is 10.4.